The molecule has 4 aromatic rings. The summed E-state index contributed by atoms with van der Waals surface area (Å²) >= 11 is 0. The molecule has 4 aromatic carbocycles. The molecule has 178 valence electrons. The molecule has 0 spiro atoms. The van der Waals surface area contributed by atoms with Crippen molar-refractivity contribution in [2.24, 2.45) is 0 Å². The van der Waals surface area contributed by atoms with Crippen LogP contribution in [0.5, 0.6) is 0 Å². The van der Waals surface area contributed by atoms with Crippen molar-refractivity contribution < 1.29 is 9.59 Å². The quantitative estimate of drug-likeness (QED) is 0.262. The van der Waals surface area contributed by atoms with Crippen molar-refractivity contribution in [1.82, 2.24) is 0 Å². The molecule has 0 heterocycles. The molecular weight excluding hydrogens is 444 g/mol. The maximum absolute atomic E-state index is 13.3. The van der Waals surface area contributed by atoms with Crippen LogP contribution in [0, 0.1) is 0 Å². The Bertz CT molecular complexity index is 1200. The molecule has 0 fully saturated rings. The Labute approximate surface area is 212 Å². The highest BCUT2D eigenvalue weighted by Crippen LogP contribution is 2.18. The summed E-state index contributed by atoms with van der Waals surface area (Å²) in [6.45, 7) is 0.670. The SMILES string of the molecule is O=C(/C=C\c1ccccc1)N(CCN(C(=O)/C=C/c1ccccc1)c1ccccc1)c1ccccc1. The van der Waals surface area contributed by atoms with Crippen LogP contribution in [-0.2, 0) is 9.59 Å². The summed E-state index contributed by atoms with van der Waals surface area (Å²) in [6.07, 6.45) is 6.76. The van der Waals surface area contributed by atoms with Crippen LogP contribution in [-0.4, -0.2) is 24.9 Å². The van der Waals surface area contributed by atoms with Gasteiger partial charge in [-0.15, -0.1) is 0 Å². The number of benzene rings is 4. The zero-order chi connectivity index (χ0) is 25.0. The molecule has 0 aliphatic heterocycles. The van der Waals surface area contributed by atoms with Gasteiger partial charge in [0, 0.05) is 36.6 Å². The number of anilines is 2. The Kier molecular flexibility index (Phi) is 8.60. The van der Waals surface area contributed by atoms with E-state index in [-0.39, 0.29) is 11.8 Å². The highest BCUT2D eigenvalue weighted by atomic mass is 16.2. The van der Waals surface area contributed by atoms with Crippen molar-refractivity contribution >= 4 is 35.3 Å². The van der Waals surface area contributed by atoms with E-state index in [1.54, 1.807) is 34.1 Å². The minimum absolute atomic E-state index is 0.148. The van der Waals surface area contributed by atoms with Crippen molar-refractivity contribution in [1.29, 1.82) is 0 Å². The molecule has 0 N–H and O–H groups in total. The minimum Gasteiger partial charge on any atom is -0.307 e. The van der Waals surface area contributed by atoms with Gasteiger partial charge in [0.15, 0.2) is 0 Å². The summed E-state index contributed by atoms with van der Waals surface area (Å²) in [5.74, 6) is -0.296. The largest absolute Gasteiger partial charge is 0.307 e. The van der Waals surface area contributed by atoms with E-state index in [1.807, 2.05) is 121 Å². The van der Waals surface area contributed by atoms with E-state index < -0.39 is 0 Å². The van der Waals surface area contributed by atoms with Gasteiger partial charge in [-0.25, -0.2) is 0 Å². The van der Waals surface area contributed by atoms with Crippen LogP contribution in [0.1, 0.15) is 11.1 Å². The van der Waals surface area contributed by atoms with Gasteiger partial charge in [0.1, 0.15) is 0 Å². The Morgan fingerprint density at radius 3 is 1.11 bits per heavy atom. The van der Waals surface area contributed by atoms with E-state index >= 15 is 0 Å². The van der Waals surface area contributed by atoms with Crippen LogP contribution in [0.2, 0.25) is 0 Å². The molecule has 0 bridgehead atoms. The smallest absolute Gasteiger partial charge is 0.251 e. The molecule has 0 atom stereocenters. The third-order valence-corrected chi connectivity index (χ3v) is 5.65. The predicted molar refractivity (Wildman–Crippen MR) is 149 cm³/mol. The lowest BCUT2D eigenvalue weighted by Gasteiger charge is -2.27. The van der Waals surface area contributed by atoms with Crippen molar-refractivity contribution in [3.63, 3.8) is 0 Å². The van der Waals surface area contributed by atoms with E-state index in [0.717, 1.165) is 22.5 Å². The van der Waals surface area contributed by atoms with Crippen LogP contribution < -0.4 is 9.80 Å². The normalized spacial score (nSPS) is 11.0. The van der Waals surface area contributed by atoms with E-state index in [1.165, 1.54) is 0 Å². The van der Waals surface area contributed by atoms with Gasteiger partial charge in [-0.05, 0) is 47.5 Å². The topological polar surface area (TPSA) is 40.6 Å². The first kappa shape index (κ1) is 24.4. The molecule has 4 heteroatoms. The number of amides is 2. The van der Waals surface area contributed by atoms with Gasteiger partial charge in [-0.3, -0.25) is 9.59 Å². The van der Waals surface area contributed by atoms with Crippen LogP contribution in [0.4, 0.5) is 11.4 Å². The molecule has 0 radical (unpaired) electrons. The number of carbonyl (C=O) groups excluding carboxylic acids is 2. The maximum Gasteiger partial charge on any atom is 0.251 e. The zero-order valence-corrected chi connectivity index (χ0v) is 20.0. The average Bonchev–Trinajstić information content (AvgIpc) is 2.95. The molecule has 4 nitrogen and oxygen atoms in total. The molecule has 0 saturated heterocycles. The van der Waals surface area contributed by atoms with Crippen LogP contribution in [0.3, 0.4) is 0 Å². The number of nitrogens with zero attached hydrogens (tertiary/aromatic N) is 2. The minimum atomic E-state index is -0.148. The van der Waals surface area contributed by atoms with Gasteiger partial charge < -0.3 is 9.80 Å². The van der Waals surface area contributed by atoms with E-state index in [4.69, 9.17) is 0 Å². The Balaban J connectivity index is 1.56. The molecule has 36 heavy (non-hydrogen) atoms. The van der Waals surface area contributed by atoms with E-state index in [0.29, 0.717) is 13.1 Å². The first-order chi connectivity index (χ1) is 17.7. The lowest BCUT2D eigenvalue weighted by Crippen LogP contribution is -2.40. The monoisotopic (exact) mass is 472 g/mol. The van der Waals surface area contributed by atoms with Gasteiger partial charge >= 0.3 is 0 Å². The summed E-state index contributed by atoms with van der Waals surface area (Å²) in [6, 6.07) is 38.5. The Morgan fingerprint density at radius 2 is 0.778 bits per heavy atom. The third kappa shape index (κ3) is 6.90. The molecule has 0 aromatic heterocycles. The Morgan fingerprint density at radius 1 is 0.472 bits per heavy atom. The first-order valence-electron chi connectivity index (χ1n) is 11.9. The second-order valence-corrected chi connectivity index (χ2v) is 8.14. The number of rotatable bonds is 9. The third-order valence-electron chi connectivity index (χ3n) is 5.65. The van der Waals surface area contributed by atoms with Gasteiger partial charge in [-0.1, -0.05) is 97.1 Å². The summed E-state index contributed by atoms with van der Waals surface area (Å²) < 4.78 is 0. The van der Waals surface area contributed by atoms with Gasteiger partial charge in [0.05, 0.1) is 0 Å². The van der Waals surface area contributed by atoms with Crippen molar-refractivity contribution in [2.75, 3.05) is 22.9 Å². The molecule has 0 aliphatic carbocycles. The fourth-order valence-electron chi connectivity index (χ4n) is 3.79. The van der Waals surface area contributed by atoms with Gasteiger partial charge in [-0.2, -0.15) is 0 Å². The molecule has 0 aliphatic rings. The fraction of sp³-hybridized carbons (Fsp3) is 0.0625. The maximum atomic E-state index is 13.3. The molecule has 2 amide bonds. The lowest BCUT2D eigenvalue weighted by atomic mass is 10.2. The Hall–Kier alpha value is -4.70. The molecule has 0 saturated carbocycles. The van der Waals surface area contributed by atoms with E-state index in [9.17, 15) is 9.59 Å². The molecule has 4 rings (SSSR count). The number of hydrogen-bond acceptors (Lipinski definition) is 2. The van der Waals surface area contributed by atoms with Crippen LogP contribution >= 0.6 is 0 Å². The van der Waals surface area contributed by atoms with Gasteiger partial charge in [0.2, 0.25) is 0 Å². The predicted octanol–water partition coefficient (Wildman–Crippen LogP) is 6.48. The first-order valence-corrected chi connectivity index (χ1v) is 11.9. The summed E-state index contributed by atoms with van der Waals surface area (Å²) in [5.41, 5.74) is 3.46. The zero-order valence-electron chi connectivity index (χ0n) is 20.0. The summed E-state index contributed by atoms with van der Waals surface area (Å²) in [7, 11) is 0. The molecule has 0 unspecified atom stereocenters. The van der Waals surface area contributed by atoms with Gasteiger partial charge in [0.25, 0.3) is 11.8 Å². The highest BCUT2D eigenvalue weighted by Gasteiger charge is 2.18. The number of para-hydroxylation sites is 2. The van der Waals surface area contributed by atoms with Crippen molar-refractivity contribution in [2.45, 2.75) is 0 Å². The second-order valence-electron chi connectivity index (χ2n) is 8.14. The molecular formula is C32H28N2O2. The number of carbonyl (C=O) groups is 2. The van der Waals surface area contributed by atoms with Crippen LogP contribution in [0.15, 0.2) is 133 Å². The van der Waals surface area contributed by atoms with E-state index in [2.05, 4.69) is 0 Å². The number of hydrogen-bond donors (Lipinski definition) is 0. The lowest BCUT2D eigenvalue weighted by molar-refractivity contribution is -0.115. The van der Waals surface area contributed by atoms with Crippen LogP contribution in [0.25, 0.3) is 12.2 Å². The second kappa shape index (κ2) is 12.7. The standard InChI is InChI=1S/C32H28N2O2/c35-31(23-21-27-13-5-1-6-14-27)33(29-17-9-3-10-18-29)25-26-34(30-19-11-4-12-20-30)32(36)24-22-28-15-7-2-8-16-28/h1-24H,25-26H2/b23-21-,24-22+. The summed E-state index contributed by atoms with van der Waals surface area (Å²) in [5, 5.41) is 0. The highest BCUT2D eigenvalue weighted by molar-refractivity contribution is 6.05. The van der Waals surface area contributed by atoms with Crippen molar-refractivity contribution in [3.8, 4) is 0 Å². The van der Waals surface area contributed by atoms with Crippen molar-refractivity contribution in [3.05, 3.63) is 145 Å². The average molecular weight is 473 g/mol. The fourth-order valence-corrected chi connectivity index (χ4v) is 3.79. The summed E-state index contributed by atoms with van der Waals surface area (Å²) in [4.78, 5) is 29.9.